The molecule has 4 rings (SSSR count). The van der Waals surface area contributed by atoms with Gasteiger partial charge in [-0.2, -0.15) is 0 Å². The maximum atomic E-state index is 13.1. The van der Waals surface area contributed by atoms with Crippen LogP contribution in [0.15, 0.2) is 61.2 Å². The van der Waals surface area contributed by atoms with Crippen molar-refractivity contribution in [2.75, 3.05) is 11.5 Å². The zero-order valence-electron chi connectivity index (χ0n) is 15.2. The van der Waals surface area contributed by atoms with Crippen LogP contribution in [-0.4, -0.2) is 23.4 Å². The summed E-state index contributed by atoms with van der Waals surface area (Å²) in [5.74, 6) is -0.346. The maximum absolute atomic E-state index is 13.1. The summed E-state index contributed by atoms with van der Waals surface area (Å²) in [6.45, 7) is 5.59. The molecule has 0 amide bonds. The highest BCUT2D eigenvalue weighted by Gasteiger charge is 2.59. The summed E-state index contributed by atoms with van der Waals surface area (Å²) in [6.07, 6.45) is 1.54. The van der Waals surface area contributed by atoms with Crippen LogP contribution < -0.4 is 15.0 Å². The summed E-state index contributed by atoms with van der Waals surface area (Å²) < 4.78 is 11.8. The molecule has 7 heteroatoms. The van der Waals surface area contributed by atoms with Gasteiger partial charge in [-0.25, -0.2) is 0 Å². The molecule has 28 heavy (non-hydrogen) atoms. The number of thiocarbonyl (C=S) groups is 1. The van der Waals surface area contributed by atoms with E-state index in [0.717, 1.165) is 11.3 Å². The molecule has 0 aromatic heterocycles. The van der Waals surface area contributed by atoms with Gasteiger partial charge in [-0.1, -0.05) is 48.5 Å². The molecule has 2 aromatic carbocycles. The summed E-state index contributed by atoms with van der Waals surface area (Å²) in [7, 11) is 0. The lowest BCUT2D eigenvalue weighted by molar-refractivity contribution is -0.159. The lowest BCUT2D eigenvalue weighted by Gasteiger charge is -2.55. The molecule has 2 aromatic rings. The zero-order valence-corrected chi connectivity index (χ0v) is 16.8. The van der Waals surface area contributed by atoms with Crippen LogP contribution in [0.4, 0.5) is 5.69 Å². The van der Waals surface area contributed by atoms with Crippen LogP contribution in [0.5, 0.6) is 5.75 Å². The average molecular weight is 415 g/mol. The van der Waals surface area contributed by atoms with Gasteiger partial charge in [0.25, 0.3) is 0 Å². The van der Waals surface area contributed by atoms with E-state index in [1.165, 1.54) is 0 Å². The summed E-state index contributed by atoms with van der Waals surface area (Å²) in [5, 5.41) is 4.33. The first-order valence-electron chi connectivity index (χ1n) is 8.87. The number of ether oxygens (including phenoxy) is 2. The van der Waals surface area contributed by atoms with E-state index in [4.69, 9.17) is 33.3 Å². The van der Waals surface area contributed by atoms with Crippen molar-refractivity contribution in [2.45, 2.75) is 18.7 Å². The number of nitrogens with one attached hydrogen (secondary N) is 1. The predicted octanol–water partition coefficient (Wildman–Crippen LogP) is 4.23. The summed E-state index contributed by atoms with van der Waals surface area (Å²) >= 11 is 11.9. The summed E-state index contributed by atoms with van der Waals surface area (Å²) in [6, 6.07) is 14.5. The Kier molecular flexibility index (Phi) is 4.77. The van der Waals surface area contributed by atoms with Gasteiger partial charge < -0.3 is 14.8 Å². The molecule has 2 bridgehead atoms. The van der Waals surface area contributed by atoms with Crippen LogP contribution >= 0.6 is 23.8 Å². The number of fused-ring (bicyclic) bond motifs is 4. The number of para-hydroxylation sites is 1. The number of halogens is 1. The fraction of sp³-hybridized carbons (Fsp3) is 0.238. The Morgan fingerprint density at radius 2 is 2.18 bits per heavy atom. The molecule has 2 heterocycles. The molecule has 3 atom stereocenters. The Hall–Kier alpha value is -2.57. The van der Waals surface area contributed by atoms with Crippen LogP contribution in [0.1, 0.15) is 18.5 Å². The van der Waals surface area contributed by atoms with E-state index in [1.807, 2.05) is 43.3 Å². The Morgan fingerprint density at radius 1 is 1.39 bits per heavy atom. The Labute approximate surface area is 173 Å². The lowest BCUT2D eigenvalue weighted by atomic mass is 9.79. The molecule has 2 aliphatic rings. The third kappa shape index (κ3) is 2.93. The molecular formula is C21H19ClN2O3S. The molecule has 0 saturated carbocycles. The van der Waals surface area contributed by atoms with Crippen molar-refractivity contribution in [1.82, 2.24) is 5.32 Å². The topological polar surface area (TPSA) is 50.8 Å². The van der Waals surface area contributed by atoms with Crippen LogP contribution in [0.2, 0.25) is 5.02 Å². The number of nitrogens with zero attached hydrogens (tertiary/aromatic N) is 1. The van der Waals surface area contributed by atoms with Gasteiger partial charge in [0.05, 0.1) is 6.04 Å². The smallest absolute Gasteiger partial charge is 0.317 e. The number of carbonyl (C=O) groups excluding carboxylic acids is 1. The normalized spacial score (nSPS) is 25.2. The number of esters is 1. The highest BCUT2D eigenvalue weighted by atomic mass is 35.5. The largest absolute Gasteiger partial charge is 0.466 e. The Morgan fingerprint density at radius 3 is 2.93 bits per heavy atom. The van der Waals surface area contributed by atoms with Gasteiger partial charge in [0.15, 0.2) is 5.11 Å². The standard InChI is InChI=1S/C21H19ClN2O3S/c1-3-11-26-19(25)17-18-15-9-4-5-10-16(15)27-21(17,2)24(20(28)23-18)14-8-6-7-13(22)12-14/h3-10,12,17-18H,1,11H2,2H3,(H,23,28)/t17-,18+,21+/m1/s1. The highest BCUT2D eigenvalue weighted by molar-refractivity contribution is 7.80. The predicted molar refractivity (Wildman–Crippen MR) is 113 cm³/mol. The van der Waals surface area contributed by atoms with Gasteiger partial charge >= 0.3 is 5.97 Å². The van der Waals surface area contributed by atoms with Crippen LogP contribution in [0, 0.1) is 5.92 Å². The van der Waals surface area contributed by atoms with Crippen molar-refractivity contribution < 1.29 is 14.3 Å². The van der Waals surface area contributed by atoms with Crippen molar-refractivity contribution in [1.29, 1.82) is 0 Å². The summed E-state index contributed by atoms with van der Waals surface area (Å²) in [5.41, 5.74) is 0.505. The SMILES string of the molecule is C=CCOC(=O)[C@H]1[C@H]2NC(=S)N(c3cccc(Cl)c3)[C@@]1(C)Oc1ccccc12. The number of anilines is 1. The maximum Gasteiger partial charge on any atom is 0.317 e. The second-order valence-corrected chi connectivity index (χ2v) is 7.66. The third-order valence-electron chi connectivity index (χ3n) is 5.07. The van der Waals surface area contributed by atoms with Gasteiger partial charge in [-0.15, -0.1) is 0 Å². The molecule has 1 fully saturated rings. The van der Waals surface area contributed by atoms with Gasteiger partial charge in [-0.05, 0) is 43.4 Å². The molecule has 0 spiro atoms. The van der Waals surface area contributed by atoms with Gasteiger partial charge in [0.1, 0.15) is 18.3 Å². The number of benzene rings is 2. The van der Waals surface area contributed by atoms with Gasteiger partial charge in [0.2, 0.25) is 5.72 Å². The van der Waals surface area contributed by atoms with Crippen LogP contribution in [0.25, 0.3) is 0 Å². The molecule has 0 radical (unpaired) electrons. The van der Waals surface area contributed by atoms with E-state index < -0.39 is 11.6 Å². The van der Waals surface area contributed by atoms with Gasteiger partial charge in [0, 0.05) is 16.3 Å². The van der Waals surface area contributed by atoms with Gasteiger partial charge in [-0.3, -0.25) is 9.69 Å². The number of hydrogen-bond acceptors (Lipinski definition) is 4. The van der Waals surface area contributed by atoms with E-state index in [1.54, 1.807) is 23.1 Å². The minimum atomic E-state index is -1.09. The van der Waals surface area contributed by atoms with Crippen molar-refractivity contribution in [3.8, 4) is 5.75 Å². The Balaban J connectivity index is 1.87. The van der Waals surface area contributed by atoms with E-state index in [-0.39, 0.29) is 18.6 Å². The van der Waals surface area contributed by atoms with Crippen molar-refractivity contribution in [3.63, 3.8) is 0 Å². The zero-order chi connectivity index (χ0) is 19.9. The first-order valence-corrected chi connectivity index (χ1v) is 9.66. The monoisotopic (exact) mass is 414 g/mol. The number of hydrogen-bond donors (Lipinski definition) is 1. The van der Waals surface area contributed by atoms with Crippen molar-refractivity contribution in [2.24, 2.45) is 5.92 Å². The first-order chi connectivity index (χ1) is 13.5. The van der Waals surface area contributed by atoms with Crippen LogP contribution in [-0.2, 0) is 9.53 Å². The molecule has 5 nitrogen and oxygen atoms in total. The van der Waals surface area contributed by atoms with Crippen molar-refractivity contribution >= 4 is 40.6 Å². The molecule has 0 unspecified atom stereocenters. The molecule has 144 valence electrons. The fourth-order valence-electron chi connectivity index (χ4n) is 3.92. The van der Waals surface area contributed by atoms with E-state index in [0.29, 0.717) is 15.9 Å². The van der Waals surface area contributed by atoms with E-state index in [2.05, 4.69) is 11.9 Å². The van der Waals surface area contributed by atoms with Crippen LogP contribution in [0.3, 0.4) is 0 Å². The van der Waals surface area contributed by atoms with E-state index >= 15 is 0 Å². The van der Waals surface area contributed by atoms with Crippen molar-refractivity contribution in [3.05, 3.63) is 71.8 Å². The Bertz CT molecular complexity index is 966. The highest BCUT2D eigenvalue weighted by Crippen LogP contribution is 2.49. The molecule has 1 saturated heterocycles. The quantitative estimate of drug-likeness (QED) is 0.459. The molecule has 0 aliphatic carbocycles. The average Bonchev–Trinajstić information content (AvgIpc) is 2.65. The summed E-state index contributed by atoms with van der Waals surface area (Å²) in [4.78, 5) is 14.8. The minimum Gasteiger partial charge on any atom is -0.466 e. The first kappa shape index (κ1) is 18.8. The van der Waals surface area contributed by atoms with E-state index in [9.17, 15) is 4.79 Å². The number of rotatable bonds is 4. The molecule has 1 N–H and O–H groups in total. The second kappa shape index (κ2) is 7.11. The molecule has 2 aliphatic heterocycles. The minimum absolute atomic E-state index is 0.126. The lowest BCUT2D eigenvalue weighted by Crippen LogP contribution is -2.71. The number of carbonyl (C=O) groups is 1. The fourth-order valence-corrected chi connectivity index (χ4v) is 4.52. The second-order valence-electron chi connectivity index (χ2n) is 6.83. The third-order valence-corrected chi connectivity index (χ3v) is 5.61. The molecular weight excluding hydrogens is 396 g/mol.